The van der Waals surface area contributed by atoms with Crippen molar-refractivity contribution in [1.82, 2.24) is 5.43 Å². The number of amides is 1. The Morgan fingerprint density at radius 1 is 1.34 bits per heavy atom. The SMILES string of the molecule is CCOc1cc(/C=N/NC(=O)c2cc3cc(Br)ccc3o2)cc(I)c1OCC#N. The molecule has 1 aromatic heterocycles. The highest BCUT2D eigenvalue weighted by Crippen LogP contribution is 2.33. The molecule has 9 heteroatoms. The molecule has 29 heavy (non-hydrogen) atoms. The van der Waals surface area contributed by atoms with Gasteiger partial charge in [-0.1, -0.05) is 15.9 Å². The lowest BCUT2D eigenvalue weighted by molar-refractivity contribution is 0.0929. The molecule has 0 aliphatic rings. The summed E-state index contributed by atoms with van der Waals surface area (Å²) in [4.78, 5) is 12.3. The number of benzene rings is 2. The van der Waals surface area contributed by atoms with Gasteiger partial charge in [-0.15, -0.1) is 0 Å². The second kappa shape index (κ2) is 9.76. The van der Waals surface area contributed by atoms with E-state index < -0.39 is 5.91 Å². The lowest BCUT2D eigenvalue weighted by Crippen LogP contribution is -2.16. The maximum atomic E-state index is 12.3. The summed E-state index contributed by atoms with van der Waals surface area (Å²) in [5.74, 6) is 0.719. The highest BCUT2D eigenvalue weighted by atomic mass is 127. The van der Waals surface area contributed by atoms with Crippen molar-refractivity contribution in [2.24, 2.45) is 5.10 Å². The largest absolute Gasteiger partial charge is 0.490 e. The van der Waals surface area contributed by atoms with Crippen LogP contribution in [0.1, 0.15) is 23.0 Å². The third-order valence-corrected chi connectivity index (χ3v) is 4.99. The Morgan fingerprint density at radius 2 is 2.17 bits per heavy atom. The maximum absolute atomic E-state index is 12.3. The van der Waals surface area contributed by atoms with Crippen LogP contribution in [-0.2, 0) is 0 Å². The van der Waals surface area contributed by atoms with Crippen molar-refractivity contribution in [2.75, 3.05) is 13.2 Å². The van der Waals surface area contributed by atoms with Gasteiger partial charge >= 0.3 is 5.91 Å². The molecule has 148 valence electrons. The van der Waals surface area contributed by atoms with Crippen molar-refractivity contribution in [1.29, 1.82) is 5.26 Å². The minimum Gasteiger partial charge on any atom is -0.490 e. The van der Waals surface area contributed by atoms with Crippen LogP contribution in [0, 0.1) is 14.9 Å². The Bertz CT molecular complexity index is 1120. The number of nitrogens with zero attached hydrogens (tertiary/aromatic N) is 2. The number of nitrogens with one attached hydrogen (secondary N) is 1. The van der Waals surface area contributed by atoms with Crippen molar-refractivity contribution in [3.8, 4) is 17.6 Å². The van der Waals surface area contributed by atoms with E-state index in [1.165, 1.54) is 6.21 Å². The molecule has 0 saturated heterocycles. The van der Waals surface area contributed by atoms with Crippen molar-refractivity contribution in [3.63, 3.8) is 0 Å². The number of furan rings is 1. The normalized spacial score (nSPS) is 10.8. The first-order valence-corrected chi connectivity index (χ1v) is 10.4. The summed E-state index contributed by atoms with van der Waals surface area (Å²) in [7, 11) is 0. The van der Waals surface area contributed by atoms with Crippen LogP contribution in [0.25, 0.3) is 11.0 Å². The van der Waals surface area contributed by atoms with Gasteiger partial charge in [-0.2, -0.15) is 10.4 Å². The molecule has 0 aliphatic heterocycles. The van der Waals surface area contributed by atoms with Gasteiger partial charge in [0.05, 0.1) is 16.4 Å². The molecule has 0 spiro atoms. The molecular formula is C20H15BrIN3O4. The summed E-state index contributed by atoms with van der Waals surface area (Å²) in [6.45, 7) is 2.22. The quantitative estimate of drug-likeness (QED) is 0.250. The van der Waals surface area contributed by atoms with Crippen LogP contribution in [0.3, 0.4) is 0 Å². The zero-order valence-electron chi connectivity index (χ0n) is 15.2. The van der Waals surface area contributed by atoms with Gasteiger partial charge in [0.25, 0.3) is 0 Å². The van der Waals surface area contributed by atoms with Gasteiger partial charge in [-0.25, -0.2) is 5.43 Å². The zero-order valence-corrected chi connectivity index (χ0v) is 19.0. The van der Waals surface area contributed by atoms with Crippen LogP contribution in [0.2, 0.25) is 0 Å². The maximum Gasteiger partial charge on any atom is 0.307 e. The Morgan fingerprint density at radius 3 is 2.93 bits per heavy atom. The third kappa shape index (κ3) is 5.27. The molecule has 0 fully saturated rings. The van der Waals surface area contributed by atoms with E-state index in [9.17, 15) is 4.79 Å². The van der Waals surface area contributed by atoms with Gasteiger partial charge in [0.2, 0.25) is 0 Å². The van der Waals surface area contributed by atoms with E-state index in [0.29, 0.717) is 29.3 Å². The number of nitriles is 1. The summed E-state index contributed by atoms with van der Waals surface area (Å²) >= 11 is 5.48. The van der Waals surface area contributed by atoms with Crippen molar-refractivity contribution >= 4 is 61.6 Å². The summed E-state index contributed by atoms with van der Waals surface area (Å²) in [6, 6.07) is 12.6. The molecule has 2 aromatic carbocycles. The molecule has 3 aromatic rings. The number of hydrogen-bond donors (Lipinski definition) is 1. The second-order valence-electron chi connectivity index (χ2n) is 5.70. The van der Waals surface area contributed by atoms with Crippen LogP contribution in [0.4, 0.5) is 0 Å². The first-order valence-electron chi connectivity index (χ1n) is 8.50. The third-order valence-electron chi connectivity index (χ3n) is 3.69. The molecule has 0 aliphatic carbocycles. The van der Waals surface area contributed by atoms with Crippen LogP contribution in [0.5, 0.6) is 11.5 Å². The molecule has 1 heterocycles. The minimum atomic E-state index is -0.456. The average Bonchev–Trinajstić information content (AvgIpc) is 3.11. The van der Waals surface area contributed by atoms with Gasteiger partial charge in [0.15, 0.2) is 23.9 Å². The van der Waals surface area contributed by atoms with Gasteiger partial charge < -0.3 is 13.9 Å². The van der Waals surface area contributed by atoms with E-state index in [0.717, 1.165) is 13.4 Å². The van der Waals surface area contributed by atoms with Crippen molar-refractivity contribution in [3.05, 3.63) is 55.8 Å². The lowest BCUT2D eigenvalue weighted by Gasteiger charge is -2.12. The number of rotatable bonds is 7. The fraction of sp³-hybridized carbons (Fsp3) is 0.150. The topological polar surface area (TPSA) is 96.8 Å². The van der Waals surface area contributed by atoms with Crippen LogP contribution < -0.4 is 14.9 Å². The molecule has 0 radical (unpaired) electrons. The van der Waals surface area contributed by atoms with E-state index in [-0.39, 0.29) is 12.4 Å². The number of halogens is 2. The fourth-order valence-corrected chi connectivity index (χ4v) is 3.68. The first-order chi connectivity index (χ1) is 14.0. The molecule has 0 unspecified atom stereocenters. The summed E-state index contributed by atoms with van der Waals surface area (Å²) in [5.41, 5.74) is 3.77. The highest BCUT2D eigenvalue weighted by Gasteiger charge is 2.13. The molecule has 7 nitrogen and oxygen atoms in total. The summed E-state index contributed by atoms with van der Waals surface area (Å²) in [6.07, 6.45) is 1.50. The Balaban J connectivity index is 1.74. The minimum absolute atomic E-state index is 0.0758. The number of carbonyl (C=O) groups excluding carboxylic acids is 1. The molecule has 0 saturated carbocycles. The van der Waals surface area contributed by atoms with E-state index in [1.54, 1.807) is 18.2 Å². The zero-order chi connectivity index (χ0) is 20.8. The standard InChI is InChI=1S/C20H15BrIN3O4/c1-2-27-17-8-12(7-15(22)19(17)28-6-5-23)11-24-25-20(26)18-10-13-9-14(21)3-4-16(13)29-18/h3-4,7-11H,2,6H2,1H3,(H,25,26)/b24-11+. The second-order valence-corrected chi connectivity index (χ2v) is 7.78. The monoisotopic (exact) mass is 567 g/mol. The number of fused-ring (bicyclic) bond motifs is 1. The van der Waals surface area contributed by atoms with Gasteiger partial charge in [-0.05, 0) is 71.5 Å². The summed E-state index contributed by atoms with van der Waals surface area (Å²) < 4.78 is 18.2. The fourth-order valence-electron chi connectivity index (χ4n) is 2.52. The molecular weight excluding hydrogens is 553 g/mol. The van der Waals surface area contributed by atoms with E-state index in [4.69, 9.17) is 19.2 Å². The highest BCUT2D eigenvalue weighted by molar-refractivity contribution is 14.1. The number of hydrazone groups is 1. The lowest BCUT2D eigenvalue weighted by atomic mass is 10.2. The smallest absolute Gasteiger partial charge is 0.307 e. The number of ether oxygens (including phenoxy) is 2. The predicted octanol–water partition coefficient (Wildman–Crippen LogP) is 4.86. The number of carbonyl (C=O) groups is 1. The van der Waals surface area contributed by atoms with Gasteiger partial charge in [0, 0.05) is 9.86 Å². The van der Waals surface area contributed by atoms with Crippen molar-refractivity contribution < 1.29 is 18.7 Å². The van der Waals surface area contributed by atoms with E-state index in [2.05, 4.69) is 49.0 Å². The molecule has 1 amide bonds. The van der Waals surface area contributed by atoms with Gasteiger partial charge in [0.1, 0.15) is 11.7 Å². The average molecular weight is 568 g/mol. The van der Waals surface area contributed by atoms with Crippen LogP contribution >= 0.6 is 38.5 Å². The molecule has 0 bridgehead atoms. The Labute approximate surface area is 188 Å². The van der Waals surface area contributed by atoms with Crippen molar-refractivity contribution in [2.45, 2.75) is 6.92 Å². The molecule has 3 rings (SSSR count). The predicted molar refractivity (Wildman–Crippen MR) is 120 cm³/mol. The Kier molecular flexibility index (Phi) is 7.11. The van der Waals surface area contributed by atoms with E-state index in [1.807, 2.05) is 31.2 Å². The van der Waals surface area contributed by atoms with Crippen LogP contribution in [-0.4, -0.2) is 25.3 Å². The number of hydrogen-bond acceptors (Lipinski definition) is 6. The first kappa shape index (κ1) is 21.1. The van der Waals surface area contributed by atoms with E-state index >= 15 is 0 Å². The molecule has 0 atom stereocenters. The summed E-state index contributed by atoms with van der Waals surface area (Å²) in [5, 5.41) is 13.5. The molecule has 1 N–H and O–H groups in total. The van der Waals surface area contributed by atoms with Gasteiger partial charge in [-0.3, -0.25) is 4.79 Å². The Hall–Kier alpha value is -2.58. The van der Waals surface area contributed by atoms with Crippen LogP contribution in [0.15, 0.2) is 50.4 Å².